The maximum absolute atomic E-state index is 13.6. The number of ether oxygens (including phenoxy) is 1. The average molecular weight is 592 g/mol. The number of phenolic OH excluding ortho intramolecular Hbond substituents is 1. The minimum Gasteiger partial charge on any atom is -0.508 e. The zero-order valence-electron chi connectivity index (χ0n) is 24.5. The number of imide groups is 1. The quantitative estimate of drug-likeness (QED) is 0.134. The average Bonchev–Trinajstić information content (AvgIpc) is 3.23. The molecule has 0 bridgehead atoms. The Balaban J connectivity index is 1.54. The Hall–Kier alpha value is -3.95. The summed E-state index contributed by atoms with van der Waals surface area (Å²) in [6.07, 6.45) is 3.79. The lowest BCUT2D eigenvalue weighted by Crippen LogP contribution is -2.40. The van der Waals surface area contributed by atoms with Crippen molar-refractivity contribution in [3.05, 3.63) is 76.9 Å². The number of aliphatic hydroxyl groups excluding tert-OH is 2. The maximum Gasteiger partial charge on any atom is 0.303 e. The van der Waals surface area contributed by atoms with E-state index in [1.807, 2.05) is 43.3 Å². The number of carboxylic acid groups (broad SMARTS) is 1. The zero-order chi connectivity index (χ0) is 30.9. The third-order valence-corrected chi connectivity index (χ3v) is 8.38. The van der Waals surface area contributed by atoms with Crippen molar-refractivity contribution in [3.63, 3.8) is 0 Å². The van der Waals surface area contributed by atoms with Crippen molar-refractivity contribution in [2.75, 3.05) is 19.8 Å². The third-order valence-electron chi connectivity index (χ3n) is 8.38. The van der Waals surface area contributed by atoms with Gasteiger partial charge in [-0.1, -0.05) is 48.4 Å². The van der Waals surface area contributed by atoms with Gasteiger partial charge in [-0.25, -0.2) is 0 Å². The Morgan fingerprint density at radius 3 is 2.42 bits per heavy atom. The van der Waals surface area contributed by atoms with Crippen molar-refractivity contribution >= 4 is 23.9 Å². The first kappa shape index (κ1) is 32.0. The summed E-state index contributed by atoms with van der Waals surface area (Å²) in [5.41, 5.74) is 3.23. The highest BCUT2D eigenvalue weighted by molar-refractivity contribution is 6.05. The number of benzene rings is 2. The third kappa shape index (κ3) is 8.12. The van der Waals surface area contributed by atoms with Crippen LogP contribution in [0.4, 0.5) is 0 Å². The van der Waals surface area contributed by atoms with Gasteiger partial charge in [0.25, 0.3) is 0 Å². The molecule has 1 fully saturated rings. The second-order valence-electron chi connectivity index (χ2n) is 11.5. The topological polar surface area (TPSA) is 145 Å². The Morgan fingerprint density at radius 1 is 1.02 bits per heavy atom. The van der Waals surface area contributed by atoms with Crippen LogP contribution in [0.15, 0.2) is 71.3 Å². The maximum atomic E-state index is 13.6. The molecule has 0 spiro atoms. The van der Waals surface area contributed by atoms with Gasteiger partial charge in [-0.2, -0.15) is 0 Å². The highest BCUT2D eigenvalue weighted by Gasteiger charge is 2.54. The lowest BCUT2D eigenvalue weighted by molar-refractivity contribution is -0.141. The first-order valence-corrected chi connectivity index (χ1v) is 14.9. The molecular formula is C34H41NO8. The van der Waals surface area contributed by atoms with Gasteiger partial charge in [0, 0.05) is 18.9 Å². The number of aliphatic hydroxyl groups is 2. The van der Waals surface area contributed by atoms with Crippen molar-refractivity contribution < 1.29 is 39.5 Å². The van der Waals surface area contributed by atoms with Crippen molar-refractivity contribution in [2.45, 2.75) is 58.0 Å². The van der Waals surface area contributed by atoms with E-state index < -0.39 is 36.4 Å². The van der Waals surface area contributed by atoms with E-state index in [0.29, 0.717) is 43.4 Å². The predicted molar refractivity (Wildman–Crippen MR) is 161 cm³/mol. The van der Waals surface area contributed by atoms with Crippen LogP contribution in [0.3, 0.4) is 0 Å². The lowest BCUT2D eigenvalue weighted by Gasteiger charge is -2.36. The first-order valence-electron chi connectivity index (χ1n) is 14.9. The van der Waals surface area contributed by atoms with E-state index in [0.717, 1.165) is 16.7 Å². The minimum atomic E-state index is -0.955. The fourth-order valence-corrected chi connectivity index (χ4v) is 6.23. The molecule has 43 heavy (non-hydrogen) atoms. The molecule has 0 unspecified atom stereocenters. The van der Waals surface area contributed by atoms with E-state index in [9.17, 15) is 29.7 Å². The van der Waals surface area contributed by atoms with Gasteiger partial charge < -0.3 is 25.2 Å². The van der Waals surface area contributed by atoms with Crippen LogP contribution in [-0.2, 0) is 14.4 Å². The summed E-state index contributed by atoms with van der Waals surface area (Å²) in [4.78, 5) is 39.1. The molecule has 4 N–H and O–H groups in total. The summed E-state index contributed by atoms with van der Waals surface area (Å²) in [7, 11) is 0. The smallest absolute Gasteiger partial charge is 0.303 e. The van der Waals surface area contributed by atoms with Crippen LogP contribution in [0.1, 0.15) is 57.4 Å². The van der Waals surface area contributed by atoms with E-state index in [1.165, 1.54) is 4.90 Å². The summed E-state index contributed by atoms with van der Waals surface area (Å²) < 4.78 is 6.04. The standard InChI is InChI=1S/C34H41NO8/c1-22(18-23-12-14-25(37)15-13-23)11-16-29(38)31-24(21-43-26-8-4-2-5-9-26)19-27-32(28(31)20-36)34(42)35(33(27)41)17-7-3-6-10-30(39)40/h2,4-5,8-9,12-15,18,27-29,32,36-38H,3,6-7,10-11,16-17,19-21H2,1H3,(H,39,40)/b22-18+/t27-,28+,29-,32-/m1/s1. The number of likely N-dealkylation sites (tertiary alicyclic amines) is 1. The Kier molecular flexibility index (Phi) is 11.1. The van der Waals surface area contributed by atoms with Gasteiger partial charge in [-0.05, 0) is 80.0 Å². The molecule has 9 heteroatoms. The number of amides is 2. The van der Waals surface area contributed by atoms with Gasteiger partial charge in [-0.15, -0.1) is 0 Å². The molecule has 1 heterocycles. The molecule has 0 aromatic heterocycles. The number of hydrogen-bond acceptors (Lipinski definition) is 7. The number of aromatic hydroxyl groups is 1. The van der Waals surface area contributed by atoms with Gasteiger partial charge in [-0.3, -0.25) is 19.3 Å². The zero-order valence-corrected chi connectivity index (χ0v) is 24.5. The van der Waals surface area contributed by atoms with Crippen molar-refractivity contribution in [2.24, 2.45) is 17.8 Å². The molecule has 1 aliphatic carbocycles. The summed E-state index contributed by atoms with van der Waals surface area (Å²) in [6.45, 7) is 1.89. The molecule has 2 aromatic rings. The molecule has 0 saturated carbocycles. The number of allylic oxidation sites excluding steroid dienone is 1. The minimum absolute atomic E-state index is 0.0409. The predicted octanol–water partition coefficient (Wildman–Crippen LogP) is 4.57. The van der Waals surface area contributed by atoms with Crippen LogP contribution >= 0.6 is 0 Å². The molecule has 2 aromatic carbocycles. The fraction of sp³-hybridized carbons (Fsp3) is 0.441. The molecule has 230 valence electrons. The molecule has 2 amide bonds. The van der Waals surface area contributed by atoms with Gasteiger partial charge in [0.05, 0.1) is 24.5 Å². The summed E-state index contributed by atoms with van der Waals surface area (Å²) in [5.74, 6) is -2.83. The van der Waals surface area contributed by atoms with E-state index >= 15 is 0 Å². The Bertz CT molecular complexity index is 1330. The number of carbonyl (C=O) groups is 3. The summed E-state index contributed by atoms with van der Waals surface area (Å²) >= 11 is 0. The largest absolute Gasteiger partial charge is 0.508 e. The number of fused-ring (bicyclic) bond motifs is 1. The fourth-order valence-electron chi connectivity index (χ4n) is 6.23. The Morgan fingerprint density at radius 2 is 1.74 bits per heavy atom. The Labute approximate surface area is 252 Å². The molecule has 2 aliphatic rings. The molecule has 0 radical (unpaired) electrons. The number of rotatable bonds is 15. The second kappa shape index (κ2) is 15.0. The molecule has 1 saturated heterocycles. The van der Waals surface area contributed by atoms with Gasteiger partial charge >= 0.3 is 5.97 Å². The number of nitrogens with zero attached hydrogens (tertiary/aromatic N) is 1. The van der Waals surface area contributed by atoms with Crippen LogP contribution in [0.2, 0.25) is 0 Å². The number of phenols is 1. The van der Waals surface area contributed by atoms with E-state index in [4.69, 9.17) is 9.84 Å². The van der Waals surface area contributed by atoms with E-state index in [2.05, 4.69) is 0 Å². The number of aliphatic carboxylic acids is 1. The van der Waals surface area contributed by atoms with Gasteiger partial charge in [0.15, 0.2) is 0 Å². The second-order valence-corrected chi connectivity index (χ2v) is 11.5. The molecule has 9 nitrogen and oxygen atoms in total. The molecular weight excluding hydrogens is 550 g/mol. The highest BCUT2D eigenvalue weighted by Crippen LogP contribution is 2.46. The number of carbonyl (C=O) groups excluding carboxylic acids is 2. The van der Waals surface area contributed by atoms with Crippen LogP contribution in [0.5, 0.6) is 11.5 Å². The van der Waals surface area contributed by atoms with Crippen LogP contribution in [-0.4, -0.2) is 69.0 Å². The van der Waals surface area contributed by atoms with Crippen molar-refractivity contribution in [1.82, 2.24) is 4.90 Å². The number of carboxylic acids is 1. The number of hydrogen-bond donors (Lipinski definition) is 4. The van der Waals surface area contributed by atoms with Gasteiger partial charge in [0.1, 0.15) is 18.1 Å². The SMILES string of the molecule is C/C(=C\c1ccc(O)cc1)CC[C@@H](O)C1=C(COc2ccccc2)C[C@H]2C(=O)N(CCCCCC(=O)O)C(=O)[C@H]2[C@H]1CO. The van der Waals surface area contributed by atoms with Crippen LogP contribution < -0.4 is 4.74 Å². The number of unbranched alkanes of at least 4 members (excludes halogenated alkanes) is 2. The van der Waals surface area contributed by atoms with E-state index in [1.54, 1.807) is 24.3 Å². The lowest BCUT2D eigenvalue weighted by atomic mass is 9.68. The van der Waals surface area contributed by atoms with Gasteiger partial charge in [0.2, 0.25) is 11.8 Å². The van der Waals surface area contributed by atoms with E-state index in [-0.39, 0.29) is 43.6 Å². The molecule has 4 rings (SSSR count). The number of para-hydroxylation sites is 1. The molecule has 4 atom stereocenters. The molecule has 1 aliphatic heterocycles. The van der Waals surface area contributed by atoms with Crippen molar-refractivity contribution in [3.8, 4) is 11.5 Å². The highest BCUT2D eigenvalue weighted by atomic mass is 16.5. The monoisotopic (exact) mass is 591 g/mol. The summed E-state index contributed by atoms with van der Waals surface area (Å²) in [6, 6.07) is 16.1. The van der Waals surface area contributed by atoms with Crippen molar-refractivity contribution in [1.29, 1.82) is 0 Å². The normalized spacial score (nSPS) is 21.2. The first-order chi connectivity index (χ1) is 20.7. The summed E-state index contributed by atoms with van der Waals surface area (Å²) in [5, 5.41) is 40.5. The van der Waals surface area contributed by atoms with Crippen LogP contribution in [0.25, 0.3) is 6.08 Å². The van der Waals surface area contributed by atoms with Crippen LogP contribution in [0, 0.1) is 17.8 Å².